The number of carboxylic acid groups (broad SMARTS) is 1. The van der Waals surface area contributed by atoms with E-state index in [-0.39, 0.29) is 18.4 Å². The number of carbonyl (C=O) groups excluding carboxylic acids is 1. The summed E-state index contributed by atoms with van der Waals surface area (Å²) in [4.78, 5) is 23.4. The van der Waals surface area contributed by atoms with Gasteiger partial charge in [0.25, 0.3) is 0 Å². The number of aliphatic carboxylic acids is 1. The minimum atomic E-state index is -1.35. The summed E-state index contributed by atoms with van der Waals surface area (Å²) in [6.07, 6.45) is 7.00. The summed E-state index contributed by atoms with van der Waals surface area (Å²) in [5.41, 5.74) is -1.35. The van der Waals surface area contributed by atoms with Crippen LogP contribution >= 0.6 is 0 Å². The molecule has 1 fully saturated rings. The first-order valence-corrected chi connectivity index (χ1v) is 7.43. The van der Waals surface area contributed by atoms with Gasteiger partial charge in [0, 0.05) is 13.0 Å². The van der Waals surface area contributed by atoms with Crippen LogP contribution in [-0.2, 0) is 14.3 Å². The number of hydrogen-bond acceptors (Lipinski definition) is 3. The highest BCUT2D eigenvalue weighted by molar-refractivity contribution is 5.87. The predicted molar refractivity (Wildman–Crippen MR) is 76.4 cm³/mol. The van der Waals surface area contributed by atoms with Crippen molar-refractivity contribution in [3.05, 3.63) is 0 Å². The van der Waals surface area contributed by atoms with Crippen molar-refractivity contribution in [1.29, 1.82) is 0 Å². The van der Waals surface area contributed by atoms with Gasteiger partial charge >= 0.3 is 5.97 Å². The molecule has 0 saturated heterocycles. The van der Waals surface area contributed by atoms with Crippen molar-refractivity contribution >= 4 is 11.9 Å². The van der Waals surface area contributed by atoms with Gasteiger partial charge in [-0.2, -0.15) is 0 Å². The van der Waals surface area contributed by atoms with Gasteiger partial charge in [0.05, 0.1) is 6.61 Å². The second kappa shape index (κ2) is 7.62. The molecule has 1 saturated carbocycles. The number of rotatable bonds is 7. The molecule has 116 valence electrons. The number of carboxylic acids is 1. The van der Waals surface area contributed by atoms with Gasteiger partial charge in [-0.25, -0.2) is 4.79 Å². The van der Waals surface area contributed by atoms with Crippen LogP contribution in [0.15, 0.2) is 0 Å². The molecule has 0 aromatic rings. The fraction of sp³-hybridized carbons (Fsp3) is 0.867. The Labute approximate surface area is 121 Å². The van der Waals surface area contributed by atoms with E-state index in [1.54, 1.807) is 0 Å². The number of nitrogens with one attached hydrogen (secondary N) is 1. The zero-order valence-electron chi connectivity index (χ0n) is 12.8. The minimum absolute atomic E-state index is 0.0375. The molecule has 0 heterocycles. The Morgan fingerprint density at radius 2 is 1.95 bits per heavy atom. The molecule has 0 spiro atoms. The molecule has 1 rings (SSSR count). The van der Waals surface area contributed by atoms with E-state index in [1.807, 2.05) is 6.92 Å². The van der Waals surface area contributed by atoms with Crippen LogP contribution in [0.25, 0.3) is 0 Å². The molecular formula is C15H27NO4. The smallest absolute Gasteiger partial charge is 0.331 e. The fourth-order valence-corrected chi connectivity index (χ4v) is 2.86. The van der Waals surface area contributed by atoms with Crippen LogP contribution in [0, 0.1) is 11.8 Å². The first-order valence-electron chi connectivity index (χ1n) is 7.43. The maximum absolute atomic E-state index is 12.2. The molecule has 0 bridgehead atoms. The standard InChI is InChI=1S/C15H27NO4/c1-11(9-12-7-5-4-6-8-12)13(17)16-15(2,10-20-3)14(18)19/h11-12H,4-10H2,1-3H3,(H,16,17)(H,18,19). The number of ether oxygens (including phenoxy) is 1. The van der Waals surface area contributed by atoms with Gasteiger partial charge in [0.15, 0.2) is 5.54 Å². The number of carbonyl (C=O) groups is 2. The third-order valence-electron chi connectivity index (χ3n) is 4.16. The molecule has 1 amide bonds. The lowest BCUT2D eigenvalue weighted by Crippen LogP contribution is -2.56. The zero-order chi connectivity index (χ0) is 15.2. The third kappa shape index (κ3) is 4.78. The summed E-state index contributed by atoms with van der Waals surface area (Å²) >= 11 is 0. The van der Waals surface area contributed by atoms with Crippen LogP contribution in [-0.4, -0.2) is 36.2 Å². The Balaban J connectivity index is 2.52. The van der Waals surface area contributed by atoms with Crippen molar-refractivity contribution in [3.8, 4) is 0 Å². The highest BCUT2D eigenvalue weighted by Crippen LogP contribution is 2.29. The van der Waals surface area contributed by atoms with E-state index in [0.29, 0.717) is 5.92 Å². The average Bonchev–Trinajstić information content (AvgIpc) is 2.39. The second-order valence-electron chi connectivity index (χ2n) is 6.20. The van der Waals surface area contributed by atoms with Crippen LogP contribution in [0.2, 0.25) is 0 Å². The second-order valence-corrected chi connectivity index (χ2v) is 6.20. The summed E-state index contributed by atoms with van der Waals surface area (Å²) < 4.78 is 4.90. The first kappa shape index (κ1) is 17.0. The van der Waals surface area contributed by atoms with E-state index in [4.69, 9.17) is 4.74 Å². The maximum Gasteiger partial charge on any atom is 0.331 e. The lowest BCUT2D eigenvalue weighted by molar-refractivity contribution is -0.150. The quantitative estimate of drug-likeness (QED) is 0.752. The van der Waals surface area contributed by atoms with Gasteiger partial charge in [0.2, 0.25) is 5.91 Å². The van der Waals surface area contributed by atoms with Crippen molar-refractivity contribution < 1.29 is 19.4 Å². The SMILES string of the molecule is COCC(C)(NC(=O)C(C)CC1CCCCC1)C(=O)O. The Morgan fingerprint density at radius 1 is 1.35 bits per heavy atom. The minimum Gasteiger partial charge on any atom is -0.479 e. The van der Waals surface area contributed by atoms with Crippen molar-refractivity contribution in [1.82, 2.24) is 5.32 Å². The van der Waals surface area contributed by atoms with Gasteiger partial charge < -0.3 is 15.2 Å². The Kier molecular flexibility index (Phi) is 6.46. The van der Waals surface area contributed by atoms with Gasteiger partial charge in [-0.1, -0.05) is 39.0 Å². The van der Waals surface area contributed by atoms with Crippen LogP contribution < -0.4 is 5.32 Å². The van der Waals surface area contributed by atoms with Crippen LogP contribution in [0.3, 0.4) is 0 Å². The summed E-state index contributed by atoms with van der Waals surface area (Å²) in [6.45, 7) is 3.31. The molecule has 2 N–H and O–H groups in total. The molecule has 1 aliphatic rings. The zero-order valence-corrected chi connectivity index (χ0v) is 12.8. The molecule has 5 heteroatoms. The van der Waals surface area contributed by atoms with Gasteiger partial charge in [-0.3, -0.25) is 4.79 Å². The van der Waals surface area contributed by atoms with E-state index >= 15 is 0 Å². The van der Waals surface area contributed by atoms with Crippen molar-refractivity contribution in [2.45, 2.75) is 57.9 Å². The van der Waals surface area contributed by atoms with Crippen LogP contribution in [0.5, 0.6) is 0 Å². The van der Waals surface area contributed by atoms with Gasteiger partial charge in [-0.15, -0.1) is 0 Å². The fourth-order valence-electron chi connectivity index (χ4n) is 2.86. The molecule has 0 aromatic carbocycles. The van der Waals surface area contributed by atoms with E-state index < -0.39 is 11.5 Å². The summed E-state index contributed by atoms with van der Waals surface area (Å²) in [7, 11) is 1.43. The van der Waals surface area contributed by atoms with E-state index in [2.05, 4.69) is 5.32 Å². The average molecular weight is 285 g/mol. The van der Waals surface area contributed by atoms with Crippen molar-refractivity contribution in [3.63, 3.8) is 0 Å². The molecule has 0 aliphatic heterocycles. The molecule has 0 radical (unpaired) electrons. The van der Waals surface area contributed by atoms with E-state index in [9.17, 15) is 14.7 Å². The van der Waals surface area contributed by atoms with Crippen LogP contribution in [0.1, 0.15) is 52.4 Å². The highest BCUT2D eigenvalue weighted by Gasteiger charge is 2.36. The molecule has 2 unspecified atom stereocenters. The Hall–Kier alpha value is -1.10. The number of hydrogen-bond donors (Lipinski definition) is 2. The number of amides is 1. The molecule has 2 atom stereocenters. The third-order valence-corrected chi connectivity index (χ3v) is 4.16. The largest absolute Gasteiger partial charge is 0.479 e. The Bertz CT molecular complexity index is 339. The molecule has 1 aliphatic carbocycles. The molecule has 5 nitrogen and oxygen atoms in total. The monoisotopic (exact) mass is 285 g/mol. The highest BCUT2D eigenvalue weighted by atomic mass is 16.5. The lowest BCUT2D eigenvalue weighted by Gasteiger charge is -2.29. The summed E-state index contributed by atoms with van der Waals surface area (Å²) in [5, 5.41) is 11.8. The van der Waals surface area contributed by atoms with Gasteiger partial charge in [0.1, 0.15) is 0 Å². The van der Waals surface area contributed by atoms with Gasteiger partial charge in [-0.05, 0) is 19.3 Å². The predicted octanol–water partition coefficient (Wildman–Crippen LogP) is 2.20. The summed E-state index contributed by atoms with van der Waals surface area (Å²) in [5.74, 6) is -0.827. The topological polar surface area (TPSA) is 75.6 Å². The van der Waals surface area contributed by atoms with Crippen molar-refractivity contribution in [2.75, 3.05) is 13.7 Å². The summed E-state index contributed by atoms with van der Waals surface area (Å²) in [6, 6.07) is 0. The molecular weight excluding hydrogens is 258 g/mol. The van der Waals surface area contributed by atoms with E-state index in [1.165, 1.54) is 46.1 Å². The Morgan fingerprint density at radius 3 is 2.45 bits per heavy atom. The van der Waals surface area contributed by atoms with E-state index in [0.717, 1.165) is 6.42 Å². The molecule has 20 heavy (non-hydrogen) atoms. The lowest BCUT2D eigenvalue weighted by atomic mass is 9.83. The van der Waals surface area contributed by atoms with Crippen molar-refractivity contribution in [2.24, 2.45) is 11.8 Å². The maximum atomic E-state index is 12.2. The molecule has 0 aromatic heterocycles. The first-order chi connectivity index (χ1) is 9.39. The van der Waals surface area contributed by atoms with Crippen LogP contribution in [0.4, 0.5) is 0 Å². The normalized spacial score (nSPS) is 20.9. The number of methoxy groups -OCH3 is 1.